The largest absolute Gasteiger partial charge is 0.390 e. The van der Waals surface area contributed by atoms with Crippen LogP contribution in [-0.4, -0.2) is 46.3 Å². The second-order valence-electron chi connectivity index (χ2n) is 3.96. The first-order valence-corrected chi connectivity index (χ1v) is 5.31. The standard InChI is InChI=1S/C10H20O4/c1-2-3-4-8(11)10(13)9(12)5-7-6-14-7/h7-13H,2-6H2,1H3. The van der Waals surface area contributed by atoms with E-state index in [1.807, 2.05) is 6.92 Å². The summed E-state index contributed by atoms with van der Waals surface area (Å²) in [7, 11) is 0. The Morgan fingerprint density at radius 2 is 1.93 bits per heavy atom. The highest BCUT2D eigenvalue weighted by Crippen LogP contribution is 2.19. The van der Waals surface area contributed by atoms with Crippen LogP contribution in [0.4, 0.5) is 0 Å². The van der Waals surface area contributed by atoms with E-state index < -0.39 is 18.3 Å². The molecule has 1 aliphatic rings. The van der Waals surface area contributed by atoms with Gasteiger partial charge in [-0.2, -0.15) is 0 Å². The Morgan fingerprint density at radius 1 is 1.29 bits per heavy atom. The summed E-state index contributed by atoms with van der Waals surface area (Å²) < 4.78 is 4.94. The molecule has 14 heavy (non-hydrogen) atoms. The van der Waals surface area contributed by atoms with Gasteiger partial charge in [0.15, 0.2) is 0 Å². The number of hydrogen-bond acceptors (Lipinski definition) is 4. The van der Waals surface area contributed by atoms with Crippen LogP contribution in [-0.2, 0) is 4.74 Å². The molecular formula is C10H20O4. The summed E-state index contributed by atoms with van der Waals surface area (Å²) >= 11 is 0. The molecule has 0 bridgehead atoms. The molecule has 84 valence electrons. The molecule has 4 atom stereocenters. The molecule has 1 aliphatic heterocycles. The number of hydrogen-bond donors (Lipinski definition) is 3. The predicted molar refractivity (Wildman–Crippen MR) is 51.9 cm³/mol. The molecule has 1 heterocycles. The van der Waals surface area contributed by atoms with E-state index in [1.165, 1.54) is 0 Å². The molecule has 1 saturated heterocycles. The van der Waals surface area contributed by atoms with Gasteiger partial charge in [-0.3, -0.25) is 0 Å². The molecule has 0 saturated carbocycles. The van der Waals surface area contributed by atoms with E-state index in [-0.39, 0.29) is 6.10 Å². The van der Waals surface area contributed by atoms with Crippen molar-refractivity contribution in [3.8, 4) is 0 Å². The third-order valence-corrected chi connectivity index (χ3v) is 2.55. The molecule has 1 fully saturated rings. The molecular weight excluding hydrogens is 184 g/mol. The second-order valence-corrected chi connectivity index (χ2v) is 3.96. The Labute approximate surface area is 84.5 Å². The van der Waals surface area contributed by atoms with Gasteiger partial charge in [0.1, 0.15) is 6.10 Å². The Hall–Kier alpha value is -0.160. The molecule has 0 radical (unpaired) electrons. The van der Waals surface area contributed by atoms with Crippen LogP contribution in [0.2, 0.25) is 0 Å². The topological polar surface area (TPSA) is 73.2 Å². The lowest BCUT2D eigenvalue weighted by atomic mass is 10.00. The van der Waals surface area contributed by atoms with Gasteiger partial charge >= 0.3 is 0 Å². The van der Waals surface area contributed by atoms with Crippen LogP contribution in [0.25, 0.3) is 0 Å². The van der Waals surface area contributed by atoms with Crippen molar-refractivity contribution in [3.05, 3.63) is 0 Å². The first-order chi connectivity index (χ1) is 6.65. The first kappa shape index (κ1) is 11.9. The lowest BCUT2D eigenvalue weighted by Crippen LogP contribution is -2.38. The number of aliphatic hydroxyl groups excluding tert-OH is 3. The Balaban J connectivity index is 2.18. The molecule has 0 aliphatic carbocycles. The van der Waals surface area contributed by atoms with Gasteiger partial charge in [-0.25, -0.2) is 0 Å². The van der Waals surface area contributed by atoms with Gasteiger partial charge in [0, 0.05) is 6.42 Å². The smallest absolute Gasteiger partial charge is 0.106 e. The van der Waals surface area contributed by atoms with E-state index in [4.69, 9.17) is 4.74 Å². The van der Waals surface area contributed by atoms with Crippen LogP contribution in [0.3, 0.4) is 0 Å². The fourth-order valence-electron chi connectivity index (χ4n) is 1.45. The molecule has 0 amide bonds. The van der Waals surface area contributed by atoms with Gasteiger partial charge < -0.3 is 20.1 Å². The molecule has 1 rings (SSSR count). The van der Waals surface area contributed by atoms with E-state index >= 15 is 0 Å². The van der Waals surface area contributed by atoms with Crippen LogP contribution in [0.5, 0.6) is 0 Å². The Bertz CT molecular complexity index is 158. The summed E-state index contributed by atoms with van der Waals surface area (Å²) in [6.07, 6.45) is 0.169. The third kappa shape index (κ3) is 3.92. The molecule has 0 aromatic carbocycles. The predicted octanol–water partition coefficient (Wildman–Crippen LogP) is 0.0482. The molecule has 4 heteroatoms. The summed E-state index contributed by atoms with van der Waals surface area (Å²) in [5, 5.41) is 28.5. The average Bonchev–Trinajstić information content (AvgIpc) is 2.96. The highest BCUT2D eigenvalue weighted by Gasteiger charge is 2.31. The van der Waals surface area contributed by atoms with Crippen LogP contribution >= 0.6 is 0 Å². The number of unbranched alkanes of at least 4 members (excludes halogenated alkanes) is 1. The van der Waals surface area contributed by atoms with Crippen molar-refractivity contribution in [1.29, 1.82) is 0 Å². The first-order valence-electron chi connectivity index (χ1n) is 5.31. The summed E-state index contributed by atoms with van der Waals surface area (Å²) in [6.45, 7) is 2.68. The van der Waals surface area contributed by atoms with Gasteiger partial charge in [-0.1, -0.05) is 19.8 Å². The minimum Gasteiger partial charge on any atom is -0.390 e. The molecule has 4 nitrogen and oxygen atoms in total. The number of aliphatic hydroxyl groups is 3. The van der Waals surface area contributed by atoms with Crippen molar-refractivity contribution >= 4 is 0 Å². The molecule has 4 unspecified atom stereocenters. The molecule has 0 aromatic rings. The van der Waals surface area contributed by atoms with E-state index in [2.05, 4.69) is 0 Å². The Morgan fingerprint density at radius 3 is 2.43 bits per heavy atom. The summed E-state index contributed by atoms with van der Waals surface area (Å²) in [4.78, 5) is 0. The van der Waals surface area contributed by atoms with Crippen molar-refractivity contribution < 1.29 is 20.1 Å². The zero-order valence-electron chi connectivity index (χ0n) is 8.59. The minimum atomic E-state index is -1.04. The fourth-order valence-corrected chi connectivity index (χ4v) is 1.45. The monoisotopic (exact) mass is 204 g/mol. The summed E-state index contributed by atoms with van der Waals surface area (Å²) in [5.41, 5.74) is 0. The maximum absolute atomic E-state index is 9.53. The summed E-state index contributed by atoms with van der Waals surface area (Å²) in [5.74, 6) is 0. The van der Waals surface area contributed by atoms with Crippen LogP contribution in [0.1, 0.15) is 32.6 Å². The van der Waals surface area contributed by atoms with Crippen LogP contribution in [0, 0.1) is 0 Å². The maximum atomic E-state index is 9.53. The number of ether oxygens (including phenoxy) is 1. The van der Waals surface area contributed by atoms with Gasteiger partial charge in [0.05, 0.1) is 24.9 Å². The van der Waals surface area contributed by atoms with E-state index in [9.17, 15) is 15.3 Å². The van der Waals surface area contributed by atoms with E-state index in [0.717, 1.165) is 12.8 Å². The summed E-state index contributed by atoms with van der Waals surface area (Å²) in [6, 6.07) is 0. The van der Waals surface area contributed by atoms with Gasteiger partial charge in [-0.05, 0) is 6.42 Å². The van der Waals surface area contributed by atoms with Crippen molar-refractivity contribution in [1.82, 2.24) is 0 Å². The quantitative estimate of drug-likeness (QED) is 0.512. The van der Waals surface area contributed by atoms with Crippen molar-refractivity contribution in [3.63, 3.8) is 0 Å². The Kier molecular flexibility index (Phi) is 4.81. The molecule has 0 spiro atoms. The van der Waals surface area contributed by atoms with Crippen molar-refractivity contribution in [2.24, 2.45) is 0 Å². The highest BCUT2D eigenvalue weighted by molar-refractivity contribution is 4.81. The zero-order chi connectivity index (χ0) is 10.6. The molecule has 3 N–H and O–H groups in total. The third-order valence-electron chi connectivity index (χ3n) is 2.55. The van der Waals surface area contributed by atoms with E-state index in [0.29, 0.717) is 19.4 Å². The van der Waals surface area contributed by atoms with Gasteiger partial charge in [0.25, 0.3) is 0 Å². The fraction of sp³-hybridized carbons (Fsp3) is 1.00. The van der Waals surface area contributed by atoms with Crippen LogP contribution in [0.15, 0.2) is 0 Å². The normalized spacial score (nSPS) is 27.0. The van der Waals surface area contributed by atoms with Crippen molar-refractivity contribution in [2.45, 2.75) is 57.0 Å². The molecule has 0 aromatic heterocycles. The number of epoxide rings is 1. The number of rotatable bonds is 7. The average molecular weight is 204 g/mol. The highest BCUT2D eigenvalue weighted by atomic mass is 16.6. The van der Waals surface area contributed by atoms with Gasteiger partial charge in [0.2, 0.25) is 0 Å². The lowest BCUT2D eigenvalue weighted by Gasteiger charge is -2.22. The zero-order valence-corrected chi connectivity index (χ0v) is 8.59. The van der Waals surface area contributed by atoms with Crippen LogP contribution < -0.4 is 0 Å². The minimum absolute atomic E-state index is 0.0815. The second kappa shape index (κ2) is 5.66. The lowest BCUT2D eigenvalue weighted by molar-refractivity contribution is -0.0663. The van der Waals surface area contributed by atoms with Gasteiger partial charge in [-0.15, -0.1) is 0 Å². The SMILES string of the molecule is CCCCC(O)C(O)C(O)CC1CO1. The van der Waals surface area contributed by atoms with Crippen molar-refractivity contribution in [2.75, 3.05) is 6.61 Å². The van der Waals surface area contributed by atoms with E-state index in [1.54, 1.807) is 0 Å². The maximum Gasteiger partial charge on any atom is 0.106 e.